The first-order valence-electron chi connectivity index (χ1n) is 22.8. The van der Waals surface area contributed by atoms with Crippen molar-refractivity contribution in [2.45, 2.75) is 186 Å². The van der Waals surface area contributed by atoms with E-state index < -0.39 is 102 Å². The van der Waals surface area contributed by atoms with Crippen molar-refractivity contribution in [3.05, 3.63) is 16.6 Å². The van der Waals surface area contributed by atoms with Crippen LogP contribution in [0.15, 0.2) is 16.7 Å². The van der Waals surface area contributed by atoms with Crippen molar-refractivity contribution in [1.82, 2.24) is 14.8 Å². The van der Waals surface area contributed by atoms with Gasteiger partial charge in [-0.1, -0.05) is 32.9 Å². The predicted molar refractivity (Wildman–Crippen MR) is 238 cm³/mol. The van der Waals surface area contributed by atoms with Gasteiger partial charge in [-0.3, -0.25) is 9.69 Å². The van der Waals surface area contributed by atoms with E-state index in [-0.39, 0.29) is 32.0 Å². The molecule has 5 N–H and O–H groups in total. The standard InChI is InChI=1S/C45H80N4O13S/c1-14-33-45(10,55)38(51)28(4)36(47-57-21-20-48(11)18-19-49(12)25-34-46-17-22-63-34)26(2)23-43(8,54)40(62-42-32(50)16-15-27(3)58-42)29(5)37(30(6)41(53)60-33)61-35-24-44(9,56-13)39(52)31(7)59-35/h17,22,26-33,35,37-40,42,50-52,54-55H,14-16,18-21,23-25H2,1-13H3/b47-36-/t26-,27-,28+,29+,30-,31+,32+,33-,35+,37+,38+,39-,40+,42+,43-,44-,45-/m1/s1. The first kappa shape index (κ1) is 53.7. The average Bonchev–Trinajstić information content (AvgIpc) is 3.74. The summed E-state index contributed by atoms with van der Waals surface area (Å²) in [6, 6.07) is 0. The first-order valence-corrected chi connectivity index (χ1v) is 23.6. The number of rotatable bonds is 15. The molecule has 1 aromatic heterocycles. The van der Waals surface area contributed by atoms with Crippen molar-refractivity contribution in [3.8, 4) is 0 Å². The van der Waals surface area contributed by atoms with Gasteiger partial charge in [0.2, 0.25) is 0 Å². The number of hydrogen-bond acceptors (Lipinski definition) is 18. The molecule has 3 saturated heterocycles. The Hall–Kier alpha value is -1.91. The Balaban J connectivity index is 1.70. The van der Waals surface area contributed by atoms with E-state index in [9.17, 15) is 30.3 Å². The molecule has 0 aliphatic carbocycles. The van der Waals surface area contributed by atoms with Gasteiger partial charge in [0.1, 0.15) is 35.5 Å². The Labute approximate surface area is 379 Å². The lowest BCUT2D eigenvalue weighted by Crippen LogP contribution is -2.60. The molecule has 0 amide bonds. The second-order valence-corrected chi connectivity index (χ2v) is 20.3. The smallest absolute Gasteiger partial charge is 0.311 e. The number of carbonyl (C=O) groups excluding carboxylic acids is 1. The highest BCUT2D eigenvalue weighted by Gasteiger charge is 2.53. The maximum atomic E-state index is 14.4. The molecule has 0 aromatic carbocycles. The van der Waals surface area contributed by atoms with Crippen LogP contribution in [0.3, 0.4) is 0 Å². The van der Waals surface area contributed by atoms with Crippen molar-refractivity contribution >= 4 is 23.0 Å². The molecule has 17 atom stereocenters. The third kappa shape index (κ3) is 13.8. The van der Waals surface area contributed by atoms with Gasteiger partial charge in [0.15, 0.2) is 12.6 Å². The molecule has 3 fully saturated rings. The van der Waals surface area contributed by atoms with Gasteiger partial charge < -0.3 is 63.7 Å². The van der Waals surface area contributed by atoms with Gasteiger partial charge in [-0.05, 0) is 81.3 Å². The molecular formula is C45H80N4O13S. The lowest BCUT2D eigenvalue weighted by atomic mass is 9.73. The van der Waals surface area contributed by atoms with Crippen molar-refractivity contribution in [3.63, 3.8) is 0 Å². The average molecular weight is 917 g/mol. The van der Waals surface area contributed by atoms with Crippen LogP contribution in [-0.4, -0.2) is 178 Å². The molecule has 364 valence electrons. The molecular weight excluding hydrogens is 837 g/mol. The Kier molecular flexibility index (Phi) is 19.8. The molecule has 4 heterocycles. The monoisotopic (exact) mass is 917 g/mol. The van der Waals surface area contributed by atoms with Crippen LogP contribution >= 0.6 is 11.3 Å². The number of ether oxygens (including phenoxy) is 6. The molecule has 0 bridgehead atoms. The Morgan fingerprint density at radius 3 is 2.24 bits per heavy atom. The van der Waals surface area contributed by atoms with Crippen molar-refractivity contribution in [2.75, 3.05) is 47.4 Å². The quantitative estimate of drug-likeness (QED) is 0.0967. The third-order valence-electron chi connectivity index (χ3n) is 13.6. The van der Waals surface area contributed by atoms with Gasteiger partial charge in [-0.25, -0.2) is 4.98 Å². The summed E-state index contributed by atoms with van der Waals surface area (Å²) in [5.74, 6) is -3.97. The molecule has 3 aliphatic rings. The van der Waals surface area contributed by atoms with E-state index in [4.69, 9.17) is 33.3 Å². The summed E-state index contributed by atoms with van der Waals surface area (Å²) in [5, 5.41) is 66.6. The fraction of sp³-hybridized carbons (Fsp3) is 0.889. The highest BCUT2D eigenvalue weighted by Crippen LogP contribution is 2.41. The fourth-order valence-corrected chi connectivity index (χ4v) is 10.1. The molecule has 18 heteroatoms. The number of esters is 1. The lowest BCUT2D eigenvalue weighted by Gasteiger charge is -2.48. The van der Waals surface area contributed by atoms with E-state index in [2.05, 4.69) is 27.0 Å². The molecule has 17 nitrogen and oxygen atoms in total. The molecule has 1 aromatic rings. The van der Waals surface area contributed by atoms with Crippen molar-refractivity contribution in [2.24, 2.45) is 28.8 Å². The molecule has 3 aliphatic heterocycles. The van der Waals surface area contributed by atoms with Gasteiger partial charge >= 0.3 is 5.97 Å². The minimum atomic E-state index is -1.95. The summed E-state index contributed by atoms with van der Waals surface area (Å²) >= 11 is 1.63. The largest absolute Gasteiger partial charge is 0.459 e. The second kappa shape index (κ2) is 23.2. The maximum Gasteiger partial charge on any atom is 0.311 e. The molecule has 0 spiro atoms. The van der Waals surface area contributed by atoms with Crippen molar-refractivity contribution < 1.29 is 63.6 Å². The molecule has 0 radical (unpaired) electrons. The van der Waals surface area contributed by atoms with Crippen LogP contribution < -0.4 is 0 Å². The number of carbonyl (C=O) groups is 1. The zero-order valence-electron chi connectivity index (χ0n) is 40.0. The van der Waals surface area contributed by atoms with Gasteiger partial charge in [0, 0.05) is 62.5 Å². The normalized spacial score (nSPS) is 42.0. The van der Waals surface area contributed by atoms with E-state index in [1.165, 1.54) is 14.0 Å². The zero-order chi connectivity index (χ0) is 47.0. The number of aliphatic hydroxyl groups is 5. The van der Waals surface area contributed by atoms with Crippen LogP contribution in [0, 0.1) is 23.7 Å². The highest BCUT2D eigenvalue weighted by atomic mass is 32.1. The Morgan fingerprint density at radius 1 is 0.921 bits per heavy atom. The summed E-state index contributed by atoms with van der Waals surface area (Å²) < 4.78 is 37.5. The van der Waals surface area contributed by atoms with Gasteiger partial charge in [0.25, 0.3) is 0 Å². The first-order chi connectivity index (χ1) is 29.4. The van der Waals surface area contributed by atoms with Crippen LogP contribution in [0.1, 0.15) is 106 Å². The number of nitrogens with zero attached hydrogens (tertiary/aromatic N) is 4. The van der Waals surface area contributed by atoms with Crippen LogP contribution in [-0.2, 0) is 44.6 Å². The van der Waals surface area contributed by atoms with E-state index in [1.807, 2.05) is 26.3 Å². The lowest BCUT2D eigenvalue weighted by molar-refractivity contribution is -0.314. The SMILES string of the molecule is CC[C@H]1OC(=O)[C@H](C)[C@@H](O[C@H]2C[C@@](C)(OC)[C@H](O)[C@H](C)O2)[C@H](C)[C@H](O[C@@H]2O[C@H](C)CC[C@@H]2O)[C@](C)(O)C[C@@H](C)/C(=N/OCCN(C)CCN(C)Cc2nccs2)[C@H](C)[C@H](O)[C@]1(C)O. The second-order valence-electron chi connectivity index (χ2n) is 19.3. The maximum absolute atomic E-state index is 14.4. The van der Waals surface area contributed by atoms with Crippen LogP contribution in [0.4, 0.5) is 0 Å². The summed E-state index contributed by atoms with van der Waals surface area (Å²) in [4.78, 5) is 29.0. The van der Waals surface area contributed by atoms with E-state index >= 15 is 0 Å². The van der Waals surface area contributed by atoms with Gasteiger partial charge in [0.05, 0.1) is 59.9 Å². The van der Waals surface area contributed by atoms with Crippen molar-refractivity contribution in [1.29, 1.82) is 0 Å². The van der Waals surface area contributed by atoms with Gasteiger partial charge in [-0.15, -0.1) is 11.3 Å². The number of likely N-dealkylation sites (N-methyl/N-ethyl adjacent to an activating group) is 2. The molecule has 0 saturated carbocycles. The fourth-order valence-electron chi connectivity index (χ4n) is 9.40. The molecule has 63 heavy (non-hydrogen) atoms. The third-order valence-corrected chi connectivity index (χ3v) is 14.4. The van der Waals surface area contributed by atoms with Crippen LogP contribution in [0.5, 0.6) is 0 Å². The highest BCUT2D eigenvalue weighted by molar-refractivity contribution is 7.09. The number of hydrogen-bond donors (Lipinski definition) is 5. The van der Waals surface area contributed by atoms with Crippen LogP contribution in [0.2, 0.25) is 0 Å². The topological polar surface area (TPSA) is 215 Å². The molecule has 0 unspecified atom stereocenters. The van der Waals surface area contributed by atoms with E-state index in [1.54, 1.807) is 66.0 Å². The van der Waals surface area contributed by atoms with E-state index in [0.717, 1.165) is 24.6 Å². The van der Waals surface area contributed by atoms with Crippen LogP contribution in [0.25, 0.3) is 0 Å². The minimum Gasteiger partial charge on any atom is -0.459 e. The summed E-state index contributed by atoms with van der Waals surface area (Å²) in [6.07, 6.45) is -6.67. The number of aliphatic hydroxyl groups excluding tert-OH is 3. The van der Waals surface area contributed by atoms with Gasteiger partial charge in [-0.2, -0.15) is 0 Å². The van der Waals surface area contributed by atoms with E-state index in [0.29, 0.717) is 25.1 Å². The number of oxime groups is 1. The zero-order valence-corrected chi connectivity index (χ0v) is 40.8. The number of thiazole rings is 1. The Morgan fingerprint density at radius 2 is 1.60 bits per heavy atom. The number of aromatic nitrogens is 1. The number of cyclic esters (lactones) is 1. The summed E-state index contributed by atoms with van der Waals surface area (Å²) in [7, 11) is 5.55. The predicted octanol–water partition coefficient (Wildman–Crippen LogP) is 3.57. The Bertz CT molecular complexity index is 1570. The minimum absolute atomic E-state index is 0.0146. The summed E-state index contributed by atoms with van der Waals surface area (Å²) in [6.45, 7) is 20.3. The number of methoxy groups -OCH3 is 1. The summed E-state index contributed by atoms with van der Waals surface area (Å²) in [5.41, 5.74) is -4.34. The molecule has 4 rings (SSSR count).